The summed E-state index contributed by atoms with van der Waals surface area (Å²) >= 11 is 1.37. The van der Waals surface area contributed by atoms with Crippen molar-refractivity contribution in [3.05, 3.63) is 52.4 Å². The number of hydrogen-bond donors (Lipinski definition) is 1. The molecule has 2 heterocycles. The predicted octanol–water partition coefficient (Wildman–Crippen LogP) is 4.16. The standard InChI is InChI=1S/C27H31N3O6S/c1-5-36-27(33)30-12-10-19(11-13-30)28-25(31)18-7-9-23-20(16-18)29(2)26(32)24(37-23)15-17-6-8-21(34-3)22(14-17)35-4/h6-9,14-16,19H,5,10-13H2,1-4H3,(H,28,31). The van der Waals surface area contributed by atoms with Crippen LogP contribution in [0.1, 0.15) is 35.7 Å². The lowest BCUT2D eigenvalue weighted by molar-refractivity contribution is -0.114. The first-order chi connectivity index (χ1) is 17.8. The number of amides is 3. The zero-order chi connectivity index (χ0) is 26.5. The van der Waals surface area contributed by atoms with E-state index in [1.807, 2.05) is 24.3 Å². The summed E-state index contributed by atoms with van der Waals surface area (Å²) < 4.78 is 15.7. The van der Waals surface area contributed by atoms with Gasteiger partial charge in [0, 0.05) is 36.6 Å². The van der Waals surface area contributed by atoms with Crippen molar-refractivity contribution < 1.29 is 28.6 Å². The van der Waals surface area contributed by atoms with Crippen molar-refractivity contribution in [1.82, 2.24) is 10.2 Å². The number of piperidine rings is 1. The summed E-state index contributed by atoms with van der Waals surface area (Å²) in [6, 6.07) is 10.8. The molecule has 3 amide bonds. The van der Waals surface area contributed by atoms with Gasteiger partial charge in [0.25, 0.3) is 11.8 Å². The molecule has 0 radical (unpaired) electrons. The van der Waals surface area contributed by atoms with Crippen molar-refractivity contribution in [1.29, 1.82) is 0 Å². The minimum absolute atomic E-state index is 0.0287. The quantitative estimate of drug-likeness (QED) is 0.566. The number of rotatable bonds is 6. The van der Waals surface area contributed by atoms with Gasteiger partial charge in [0.15, 0.2) is 11.5 Å². The Morgan fingerprint density at radius 3 is 2.49 bits per heavy atom. The van der Waals surface area contributed by atoms with Gasteiger partial charge in [-0.15, -0.1) is 0 Å². The highest BCUT2D eigenvalue weighted by atomic mass is 32.2. The first kappa shape index (κ1) is 26.4. The van der Waals surface area contributed by atoms with E-state index in [2.05, 4.69) is 5.32 Å². The molecular weight excluding hydrogens is 494 g/mol. The van der Waals surface area contributed by atoms with Crippen molar-refractivity contribution >= 4 is 41.4 Å². The molecule has 1 N–H and O–H groups in total. The van der Waals surface area contributed by atoms with Crippen molar-refractivity contribution in [3.63, 3.8) is 0 Å². The molecule has 0 saturated carbocycles. The van der Waals surface area contributed by atoms with E-state index >= 15 is 0 Å². The number of hydrogen-bond acceptors (Lipinski definition) is 7. The molecule has 2 aliphatic rings. The molecule has 0 aliphatic carbocycles. The number of carbonyl (C=O) groups is 3. The number of carbonyl (C=O) groups excluding carboxylic acids is 3. The first-order valence-electron chi connectivity index (χ1n) is 12.1. The van der Waals surface area contributed by atoms with Crippen LogP contribution in [0.5, 0.6) is 11.5 Å². The molecule has 0 aromatic heterocycles. The Bertz CT molecular complexity index is 1220. The number of anilines is 1. The third kappa shape index (κ3) is 5.85. The minimum Gasteiger partial charge on any atom is -0.493 e. The average molecular weight is 526 g/mol. The van der Waals surface area contributed by atoms with E-state index in [9.17, 15) is 14.4 Å². The number of methoxy groups -OCH3 is 2. The van der Waals surface area contributed by atoms with Gasteiger partial charge in [0.05, 0.1) is 31.4 Å². The molecule has 1 fully saturated rings. The van der Waals surface area contributed by atoms with Crippen LogP contribution >= 0.6 is 11.8 Å². The zero-order valence-electron chi connectivity index (χ0n) is 21.4. The fourth-order valence-electron chi connectivity index (χ4n) is 4.32. The molecule has 10 heteroatoms. The van der Waals surface area contributed by atoms with Crippen LogP contribution in [0.2, 0.25) is 0 Å². The number of nitrogens with zero attached hydrogens (tertiary/aromatic N) is 2. The summed E-state index contributed by atoms with van der Waals surface area (Å²) in [5.41, 5.74) is 1.98. The minimum atomic E-state index is -0.313. The predicted molar refractivity (Wildman–Crippen MR) is 142 cm³/mol. The number of ether oxygens (including phenoxy) is 3. The lowest BCUT2D eigenvalue weighted by atomic mass is 10.0. The topological polar surface area (TPSA) is 97.4 Å². The van der Waals surface area contributed by atoms with Crippen LogP contribution in [0, 0.1) is 0 Å². The summed E-state index contributed by atoms with van der Waals surface area (Å²) in [6.07, 6.45) is 2.83. The van der Waals surface area contributed by atoms with Crippen LogP contribution in [-0.4, -0.2) is 69.8 Å². The van der Waals surface area contributed by atoms with E-state index in [-0.39, 0.29) is 23.9 Å². The molecule has 0 spiro atoms. The summed E-state index contributed by atoms with van der Waals surface area (Å²) in [7, 11) is 4.85. The number of likely N-dealkylation sites (tertiary alicyclic amines) is 1. The third-order valence-electron chi connectivity index (χ3n) is 6.38. The largest absolute Gasteiger partial charge is 0.493 e. The highest BCUT2D eigenvalue weighted by molar-refractivity contribution is 8.04. The van der Waals surface area contributed by atoms with Crippen LogP contribution in [0.15, 0.2) is 46.2 Å². The summed E-state index contributed by atoms with van der Waals surface area (Å²) in [5.74, 6) is 0.845. The van der Waals surface area contributed by atoms with Gasteiger partial charge in [0.1, 0.15) is 0 Å². The molecular formula is C27H31N3O6S. The van der Waals surface area contributed by atoms with Crippen molar-refractivity contribution in [2.75, 3.05) is 45.9 Å². The second-order valence-corrected chi connectivity index (χ2v) is 9.79. The smallest absolute Gasteiger partial charge is 0.409 e. The second-order valence-electron chi connectivity index (χ2n) is 8.71. The van der Waals surface area contributed by atoms with Crippen LogP contribution in [-0.2, 0) is 9.53 Å². The fraction of sp³-hybridized carbons (Fsp3) is 0.370. The van der Waals surface area contributed by atoms with Gasteiger partial charge in [0.2, 0.25) is 0 Å². The third-order valence-corrected chi connectivity index (χ3v) is 7.46. The van der Waals surface area contributed by atoms with Gasteiger partial charge in [-0.25, -0.2) is 4.79 Å². The van der Waals surface area contributed by atoms with Crippen LogP contribution in [0.3, 0.4) is 0 Å². The van der Waals surface area contributed by atoms with E-state index in [4.69, 9.17) is 14.2 Å². The number of benzene rings is 2. The summed E-state index contributed by atoms with van der Waals surface area (Å²) in [5, 5.41) is 3.06. The summed E-state index contributed by atoms with van der Waals surface area (Å²) in [4.78, 5) is 42.7. The van der Waals surface area contributed by atoms with E-state index in [1.54, 1.807) is 56.2 Å². The van der Waals surface area contributed by atoms with Gasteiger partial charge < -0.3 is 29.3 Å². The fourth-order valence-corrected chi connectivity index (χ4v) is 5.41. The summed E-state index contributed by atoms with van der Waals surface area (Å²) in [6.45, 7) is 3.20. The van der Waals surface area contributed by atoms with Gasteiger partial charge in [-0.2, -0.15) is 0 Å². The highest BCUT2D eigenvalue weighted by Gasteiger charge is 2.29. The Hall–Kier alpha value is -3.66. The second kappa shape index (κ2) is 11.6. The Kier molecular flexibility index (Phi) is 8.27. The van der Waals surface area contributed by atoms with E-state index < -0.39 is 0 Å². The van der Waals surface area contributed by atoms with E-state index in [0.29, 0.717) is 60.2 Å². The molecule has 2 aromatic rings. The molecule has 2 aliphatic heterocycles. The number of thioether (sulfide) groups is 1. The molecule has 196 valence electrons. The van der Waals surface area contributed by atoms with Crippen LogP contribution < -0.4 is 19.7 Å². The number of fused-ring (bicyclic) bond motifs is 1. The van der Waals surface area contributed by atoms with Gasteiger partial charge in [-0.1, -0.05) is 17.8 Å². The molecule has 4 rings (SSSR count). The van der Waals surface area contributed by atoms with Crippen molar-refractivity contribution in [3.8, 4) is 11.5 Å². The van der Waals surface area contributed by atoms with Gasteiger partial charge in [-0.3, -0.25) is 9.59 Å². The maximum Gasteiger partial charge on any atom is 0.409 e. The first-order valence-corrected chi connectivity index (χ1v) is 12.9. The Balaban J connectivity index is 1.45. The van der Waals surface area contributed by atoms with Crippen LogP contribution in [0.4, 0.5) is 10.5 Å². The molecule has 1 saturated heterocycles. The molecule has 0 atom stereocenters. The number of nitrogens with one attached hydrogen (secondary N) is 1. The number of likely N-dealkylation sites (N-methyl/N-ethyl adjacent to an activating group) is 1. The Morgan fingerprint density at radius 1 is 1.08 bits per heavy atom. The molecule has 2 aromatic carbocycles. The van der Waals surface area contributed by atoms with Gasteiger partial charge >= 0.3 is 6.09 Å². The maximum absolute atomic E-state index is 13.1. The highest BCUT2D eigenvalue weighted by Crippen LogP contribution is 2.42. The molecule has 0 bridgehead atoms. The zero-order valence-corrected chi connectivity index (χ0v) is 22.2. The van der Waals surface area contributed by atoms with E-state index in [0.717, 1.165) is 10.5 Å². The van der Waals surface area contributed by atoms with Crippen LogP contribution in [0.25, 0.3) is 6.08 Å². The molecule has 0 unspecified atom stereocenters. The molecule has 9 nitrogen and oxygen atoms in total. The average Bonchev–Trinajstić information content (AvgIpc) is 2.91. The normalized spacial score (nSPS) is 16.9. The van der Waals surface area contributed by atoms with Crippen molar-refractivity contribution in [2.45, 2.75) is 30.7 Å². The lowest BCUT2D eigenvalue weighted by Gasteiger charge is -2.32. The molecule has 37 heavy (non-hydrogen) atoms. The monoisotopic (exact) mass is 525 g/mol. The maximum atomic E-state index is 13.1. The van der Waals surface area contributed by atoms with E-state index in [1.165, 1.54) is 11.8 Å². The van der Waals surface area contributed by atoms with Gasteiger partial charge in [-0.05, 0) is 61.7 Å². The lowest BCUT2D eigenvalue weighted by Crippen LogP contribution is -2.46. The van der Waals surface area contributed by atoms with Crippen molar-refractivity contribution in [2.24, 2.45) is 0 Å². The Morgan fingerprint density at radius 2 is 1.81 bits per heavy atom. The Labute approximate surface area is 220 Å². The SMILES string of the molecule is CCOC(=O)N1CCC(NC(=O)c2ccc3c(c2)N(C)C(=O)C(=Cc2ccc(OC)c(OC)c2)S3)CC1.